The lowest BCUT2D eigenvalue weighted by Gasteiger charge is -2.18. The lowest BCUT2D eigenvalue weighted by Crippen LogP contribution is -2.44. The smallest absolute Gasteiger partial charge is 0.315 e. The summed E-state index contributed by atoms with van der Waals surface area (Å²) in [6, 6.07) is 9.14. The van der Waals surface area contributed by atoms with Gasteiger partial charge in [0.15, 0.2) is 0 Å². The summed E-state index contributed by atoms with van der Waals surface area (Å²) in [4.78, 5) is 22.4. The monoisotopic (exact) mass is 294 g/mol. The third-order valence-electron chi connectivity index (χ3n) is 2.96. The predicted molar refractivity (Wildman–Crippen MR) is 79.2 cm³/mol. The molecule has 1 aromatic carbocycles. The molecule has 0 fully saturated rings. The molecule has 21 heavy (non-hydrogen) atoms. The zero-order chi connectivity index (χ0) is 15.5. The fourth-order valence-corrected chi connectivity index (χ4v) is 1.92. The number of carbonyl (C=O) groups excluding carboxylic acids is 1. The lowest BCUT2D eigenvalue weighted by atomic mass is 10.0. The molecule has 116 valence electrons. The summed E-state index contributed by atoms with van der Waals surface area (Å²) in [5.74, 6) is -0.866. The molecule has 6 heteroatoms. The van der Waals surface area contributed by atoms with Gasteiger partial charge in [-0.05, 0) is 18.4 Å². The molecule has 0 saturated heterocycles. The summed E-state index contributed by atoms with van der Waals surface area (Å²) in [6.07, 6.45) is 1.02. The Balaban J connectivity index is 2.51. The fourth-order valence-electron chi connectivity index (χ4n) is 1.92. The number of hydrogen-bond donors (Lipinski definition) is 3. The molecule has 0 heterocycles. The van der Waals surface area contributed by atoms with Crippen molar-refractivity contribution in [2.24, 2.45) is 0 Å². The summed E-state index contributed by atoms with van der Waals surface area (Å²) < 4.78 is 4.85. The third-order valence-corrected chi connectivity index (χ3v) is 2.96. The van der Waals surface area contributed by atoms with Gasteiger partial charge in [-0.2, -0.15) is 0 Å². The summed E-state index contributed by atoms with van der Waals surface area (Å²) >= 11 is 0. The third kappa shape index (κ3) is 7.94. The van der Waals surface area contributed by atoms with Crippen molar-refractivity contribution >= 4 is 12.0 Å². The Labute approximate surface area is 124 Å². The van der Waals surface area contributed by atoms with Crippen LogP contribution in [0.25, 0.3) is 0 Å². The van der Waals surface area contributed by atoms with Crippen LogP contribution >= 0.6 is 0 Å². The first-order valence-electron chi connectivity index (χ1n) is 6.91. The van der Waals surface area contributed by atoms with Gasteiger partial charge in [-0.3, -0.25) is 4.79 Å². The van der Waals surface area contributed by atoms with E-state index < -0.39 is 5.97 Å². The Morgan fingerprint density at radius 1 is 1.29 bits per heavy atom. The highest BCUT2D eigenvalue weighted by Gasteiger charge is 2.14. The molecule has 0 aliphatic heterocycles. The predicted octanol–water partition coefficient (Wildman–Crippen LogP) is 1.41. The highest BCUT2D eigenvalue weighted by molar-refractivity contribution is 5.74. The minimum absolute atomic E-state index is 0.0237. The van der Waals surface area contributed by atoms with Crippen LogP contribution in [-0.4, -0.2) is 43.4 Å². The molecule has 1 aromatic rings. The molecule has 0 radical (unpaired) electrons. The second-order valence-electron chi connectivity index (χ2n) is 4.71. The highest BCUT2D eigenvalue weighted by Crippen LogP contribution is 2.07. The molecular weight excluding hydrogens is 272 g/mol. The quantitative estimate of drug-likeness (QED) is 0.601. The van der Waals surface area contributed by atoms with Crippen molar-refractivity contribution in [1.29, 1.82) is 0 Å². The van der Waals surface area contributed by atoms with Crippen molar-refractivity contribution < 1.29 is 19.4 Å². The van der Waals surface area contributed by atoms with E-state index >= 15 is 0 Å². The number of carboxylic acids is 1. The van der Waals surface area contributed by atoms with Crippen LogP contribution < -0.4 is 10.6 Å². The topological polar surface area (TPSA) is 87.7 Å². The summed E-state index contributed by atoms with van der Waals surface area (Å²) in [5, 5.41) is 14.3. The van der Waals surface area contributed by atoms with Crippen LogP contribution in [0, 0.1) is 0 Å². The minimum atomic E-state index is -0.866. The van der Waals surface area contributed by atoms with Crippen LogP contribution in [0.4, 0.5) is 4.79 Å². The maximum absolute atomic E-state index is 11.7. The van der Waals surface area contributed by atoms with E-state index in [4.69, 9.17) is 9.84 Å². The van der Waals surface area contributed by atoms with E-state index in [2.05, 4.69) is 10.6 Å². The largest absolute Gasteiger partial charge is 0.481 e. The number of carbonyl (C=O) groups is 2. The van der Waals surface area contributed by atoms with Gasteiger partial charge in [-0.1, -0.05) is 30.3 Å². The number of ether oxygens (including phenoxy) is 1. The average Bonchev–Trinajstić information content (AvgIpc) is 2.46. The summed E-state index contributed by atoms with van der Waals surface area (Å²) in [5.41, 5.74) is 1.06. The van der Waals surface area contributed by atoms with Crippen molar-refractivity contribution in [3.63, 3.8) is 0 Å². The number of benzene rings is 1. The Hall–Kier alpha value is -2.08. The van der Waals surface area contributed by atoms with Crippen molar-refractivity contribution in [3.8, 4) is 0 Å². The number of aliphatic carboxylic acids is 1. The van der Waals surface area contributed by atoms with Crippen molar-refractivity contribution in [2.45, 2.75) is 25.3 Å². The van der Waals surface area contributed by atoms with E-state index in [9.17, 15) is 9.59 Å². The van der Waals surface area contributed by atoms with Gasteiger partial charge in [0.05, 0.1) is 6.61 Å². The van der Waals surface area contributed by atoms with Crippen LogP contribution in [0.15, 0.2) is 30.3 Å². The number of methoxy groups -OCH3 is 1. The number of amides is 2. The molecule has 0 saturated carbocycles. The average molecular weight is 294 g/mol. The molecule has 0 spiro atoms. The maximum atomic E-state index is 11.7. The Kier molecular flexibility index (Phi) is 7.89. The molecule has 0 bridgehead atoms. The molecule has 1 rings (SSSR count). The Bertz CT molecular complexity index is 437. The summed E-state index contributed by atoms with van der Waals surface area (Å²) in [7, 11) is 1.56. The van der Waals surface area contributed by atoms with E-state index in [1.165, 1.54) is 0 Å². The second kappa shape index (κ2) is 9.77. The second-order valence-corrected chi connectivity index (χ2v) is 4.71. The number of rotatable bonds is 9. The molecule has 2 amide bonds. The van der Waals surface area contributed by atoms with Gasteiger partial charge in [0.1, 0.15) is 0 Å². The van der Waals surface area contributed by atoms with E-state index in [0.29, 0.717) is 26.0 Å². The molecule has 0 aromatic heterocycles. The van der Waals surface area contributed by atoms with Gasteiger partial charge < -0.3 is 20.5 Å². The number of urea groups is 1. The van der Waals surface area contributed by atoms with E-state index in [-0.39, 0.29) is 18.5 Å². The van der Waals surface area contributed by atoms with Gasteiger partial charge in [0, 0.05) is 26.1 Å². The van der Waals surface area contributed by atoms with Crippen molar-refractivity contribution in [3.05, 3.63) is 35.9 Å². The first-order valence-corrected chi connectivity index (χ1v) is 6.91. The van der Waals surface area contributed by atoms with Gasteiger partial charge in [-0.15, -0.1) is 0 Å². The molecule has 0 aliphatic carbocycles. The summed E-state index contributed by atoms with van der Waals surface area (Å²) in [6.45, 7) is 0.852. The molecular formula is C15H22N2O4. The molecule has 1 unspecified atom stereocenters. The normalized spacial score (nSPS) is 11.7. The zero-order valence-corrected chi connectivity index (χ0v) is 12.2. The number of hydrogen-bond acceptors (Lipinski definition) is 3. The van der Waals surface area contributed by atoms with Crippen LogP contribution in [0.1, 0.15) is 18.4 Å². The van der Waals surface area contributed by atoms with E-state index in [1.54, 1.807) is 7.11 Å². The van der Waals surface area contributed by atoms with Gasteiger partial charge in [-0.25, -0.2) is 4.79 Å². The van der Waals surface area contributed by atoms with Crippen LogP contribution in [0.5, 0.6) is 0 Å². The SMILES string of the molecule is COCCNC(=O)NC(CCC(=O)O)Cc1ccccc1. The van der Waals surface area contributed by atoms with Crippen molar-refractivity contribution in [1.82, 2.24) is 10.6 Å². The van der Waals surface area contributed by atoms with Gasteiger partial charge in [0.2, 0.25) is 0 Å². The number of nitrogens with one attached hydrogen (secondary N) is 2. The Morgan fingerprint density at radius 2 is 2.00 bits per heavy atom. The molecule has 3 N–H and O–H groups in total. The highest BCUT2D eigenvalue weighted by atomic mass is 16.5. The maximum Gasteiger partial charge on any atom is 0.315 e. The first-order chi connectivity index (χ1) is 10.1. The Morgan fingerprint density at radius 3 is 2.62 bits per heavy atom. The molecule has 0 aliphatic rings. The van der Waals surface area contributed by atoms with Crippen LogP contribution in [-0.2, 0) is 16.0 Å². The van der Waals surface area contributed by atoms with Gasteiger partial charge >= 0.3 is 12.0 Å². The van der Waals surface area contributed by atoms with Crippen molar-refractivity contribution in [2.75, 3.05) is 20.3 Å². The molecule has 1 atom stereocenters. The lowest BCUT2D eigenvalue weighted by molar-refractivity contribution is -0.137. The van der Waals surface area contributed by atoms with Crippen LogP contribution in [0.3, 0.4) is 0 Å². The standard InChI is InChI=1S/C15H22N2O4/c1-21-10-9-16-15(20)17-13(7-8-14(18)19)11-12-5-3-2-4-6-12/h2-6,13H,7-11H2,1H3,(H,18,19)(H2,16,17,20). The van der Waals surface area contributed by atoms with Gasteiger partial charge in [0.25, 0.3) is 0 Å². The first kappa shape index (κ1) is 17.0. The fraction of sp³-hybridized carbons (Fsp3) is 0.467. The minimum Gasteiger partial charge on any atom is -0.481 e. The van der Waals surface area contributed by atoms with Crippen LogP contribution in [0.2, 0.25) is 0 Å². The van der Waals surface area contributed by atoms with E-state index in [0.717, 1.165) is 5.56 Å². The van der Waals surface area contributed by atoms with E-state index in [1.807, 2.05) is 30.3 Å². The number of carboxylic acid groups (broad SMARTS) is 1. The zero-order valence-electron chi connectivity index (χ0n) is 12.2. The molecule has 6 nitrogen and oxygen atoms in total.